The number of hydrogen-bond acceptors (Lipinski definition) is 6. The third-order valence-corrected chi connectivity index (χ3v) is 5.22. The molecule has 2 aliphatic rings. The second-order valence-electron chi connectivity index (χ2n) is 7.34. The molecule has 0 spiro atoms. The summed E-state index contributed by atoms with van der Waals surface area (Å²) in [6.45, 7) is 1.06. The Kier molecular flexibility index (Phi) is 5.99. The van der Waals surface area contributed by atoms with Crippen molar-refractivity contribution in [2.24, 2.45) is 0 Å². The van der Waals surface area contributed by atoms with Crippen LogP contribution in [0.5, 0.6) is 5.75 Å². The molecule has 0 bridgehead atoms. The Bertz CT molecular complexity index is 908. The van der Waals surface area contributed by atoms with E-state index >= 15 is 0 Å². The zero-order chi connectivity index (χ0) is 20.9. The van der Waals surface area contributed by atoms with E-state index in [4.69, 9.17) is 4.74 Å². The van der Waals surface area contributed by atoms with E-state index in [2.05, 4.69) is 20.9 Å². The van der Waals surface area contributed by atoms with E-state index in [9.17, 15) is 14.7 Å². The summed E-state index contributed by atoms with van der Waals surface area (Å²) in [5.74, 6) is 0.509. The molecule has 9 nitrogen and oxygen atoms in total. The summed E-state index contributed by atoms with van der Waals surface area (Å²) >= 11 is 0. The third kappa shape index (κ3) is 4.62. The molecule has 2 aromatic rings. The molecule has 30 heavy (non-hydrogen) atoms. The molecule has 0 aliphatic carbocycles. The van der Waals surface area contributed by atoms with E-state index in [1.54, 1.807) is 23.2 Å². The highest BCUT2D eigenvalue weighted by atomic mass is 16.5. The van der Waals surface area contributed by atoms with Crippen LogP contribution in [0.15, 0.2) is 42.6 Å². The number of aliphatic hydroxyl groups excluding tert-OH is 1. The predicted octanol–water partition coefficient (Wildman–Crippen LogP) is 1.37. The Hall–Kier alpha value is -3.33. The molecule has 158 valence electrons. The molecule has 3 amide bonds. The van der Waals surface area contributed by atoms with Gasteiger partial charge in [-0.3, -0.25) is 9.78 Å². The highest BCUT2D eigenvalue weighted by molar-refractivity contribution is 5.84. The predicted molar refractivity (Wildman–Crippen MR) is 110 cm³/mol. The van der Waals surface area contributed by atoms with Gasteiger partial charge in [-0.05, 0) is 42.7 Å². The van der Waals surface area contributed by atoms with Gasteiger partial charge in [0.25, 0.3) is 0 Å². The second-order valence-corrected chi connectivity index (χ2v) is 7.34. The lowest BCUT2D eigenvalue weighted by atomic mass is 10.1. The lowest BCUT2D eigenvalue weighted by Gasteiger charge is -2.24. The van der Waals surface area contributed by atoms with Crippen molar-refractivity contribution >= 4 is 17.6 Å². The number of hydrogen-bond donors (Lipinski definition) is 4. The highest BCUT2D eigenvalue weighted by Crippen LogP contribution is 2.30. The van der Waals surface area contributed by atoms with Crippen molar-refractivity contribution in [2.45, 2.75) is 31.7 Å². The number of ether oxygens (including phenoxy) is 1. The van der Waals surface area contributed by atoms with Crippen molar-refractivity contribution in [3.63, 3.8) is 0 Å². The van der Waals surface area contributed by atoms with Crippen LogP contribution in [0, 0.1) is 0 Å². The van der Waals surface area contributed by atoms with Crippen molar-refractivity contribution in [3.05, 3.63) is 53.9 Å². The number of fused-ring (bicyclic) bond motifs is 1. The number of nitrogens with zero attached hydrogens (tertiary/aromatic N) is 2. The maximum absolute atomic E-state index is 12.6. The second kappa shape index (κ2) is 9.00. The normalized spacial score (nSPS) is 20.0. The Labute approximate surface area is 174 Å². The summed E-state index contributed by atoms with van der Waals surface area (Å²) in [4.78, 5) is 30.9. The molecule has 2 atom stereocenters. The van der Waals surface area contributed by atoms with E-state index in [0.717, 1.165) is 24.1 Å². The number of benzene rings is 1. The fourth-order valence-corrected chi connectivity index (χ4v) is 3.75. The van der Waals surface area contributed by atoms with E-state index < -0.39 is 12.3 Å². The first-order valence-electron chi connectivity index (χ1n) is 10.0. The molecule has 4 rings (SSSR count). The molecule has 1 aromatic heterocycles. The van der Waals surface area contributed by atoms with Gasteiger partial charge in [0.05, 0.1) is 24.0 Å². The minimum absolute atomic E-state index is 0.0359. The van der Waals surface area contributed by atoms with Crippen LogP contribution < -0.4 is 20.7 Å². The van der Waals surface area contributed by atoms with Crippen molar-refractivity contribution in [1.82, 2.24) is 20.5 Å². The molecule has 3 heterocycles. The Morgan fingerprint density at radius 1 is 1.27 bits per heavy atom. The SMILES string of the molecule is O=C(NCC(=O)N1CCCC1c1ccccn1)NCc1ccc2c(c1)OC[C@@H](O)N2. The zero-order valence-electron chi connectivity index (χ0n) is 16.5. The first kappa shape index (κ1) is 20.0. The first-order chi connectivity index (χ1) is 14.6. The number of anilines is 1. The minimum atomic E-state index is -0.724. The summed E-state index contributed by atoms with van der Waals surface area (Å²) in [6.07, 6.45) is 2.80. The molecular weight excluding hydrogens is 386 g/mol. The van der Waals surface area contributed by atoms with Gasteiger partial charge in [-0.2, -0.15) is 0 Å². The number of likely N-dealkylation sites (tertiary alicyclic amines) is 1. The maximum atomic E-state index is 12.6. The smallest absolute Gasteiger partial charge is 0.315 e. The maximum Gasteiger partial charge on any atom is 0.315 e. The van der Waals surface area contributed by atoms with Gasteiger partial charge in [-0.15, -0.1) is 0 Å². The molecule has 2 aliphatic heterocycles. The molecule has 0 saturated carbocycles. The third-order valence-electron chi connectivity index (χ3n) is 5.22. The zero-order valence-corrected chi connectivity index (χ0v) is 16.5. The van der Waals surface area contributed by atoms with Crippen molar-refractivity contribution in [1.29, 1.82) is 0 Å². The van der Waals surface area contributed by atoms with Crippen molar-refractivity contribution in [3.8, 4) is 5.75 Å². The quantitative estimate of drug-likeness (QED) is 0.591. The summed E-state index contributed by atoms with van der Waals surface area (Å²) in [5, 5.41) is 17.8. The number of amides is 3. The number of aliphatic hydroxyl groups is 1. The molecular formula is C21H25N5O4. The van der Waals surface area contributed by atoms with Crippen LogP contribution in [0.4, 0.5) is 10.5 Å². The summed E-state index contributed by atoms with van der Waals surface area (Å²) < 4.78 is 5.47. The fraction of sp³-hybridized carbons (Fsp3) is 0.381. The molecule has 4 N–H and O–H groups in total. The van der Waals surface area contributed by atoms with Gasteiger partial charge in [-0.25, -0.2) is 4.79 Å². The molecule has 1 saturated heterocycles. The van der Waals surface area contributed by atoms with Gasteiger partial charge in [0, 0.05) is 19.3 Å². The largest absolute Gasteiger partial charge is 0.487 e. The molecule has 0 radical (unpaired) electrons. The van der Waals surface area contributed by atoms with E-state index in [1.807, 2.05) is 24.3 Å². The number of carbonyl (C=O) groups excluding carboxylic acids is 2. The number of aromatic nitrogens is 1. The standard InChI is InChI=1S/C21H25N5O4/c27-19-13-30-18-10-14(6-7-16(18)25-19)11-23-21(29)24-12-20(28)26-9-3-5-17(26)15-4-1-2-8-22-15/h1-2,4,6-8,10,17,19,25,27H,3,5,9,11-13H2,(H2,23,24,29)/t17?,19-/m1/s1. The van der Waals surface area contributed by atoms with Crippen LogP contribution in [0.1, 0.15) is 30.1 Å². The van der Waals surface area contributed by atoms with Crippen LogP contribution in [0.25, 0.3) is 0 Å². The molecule has 1 fully saturated rings. The first-order valence-corrected chi connectivity index (χ1v) is 10.0. The van der Waals surface area contributed by atoms with E-state index in [0.29, 0.717) is 24.5 Å². The monoisotopic (exact) mass is 411 g/mol. The number of nitrogens with one attached hydrogen (secondary N) is 3. The Morgan fingerprint density at radius 2 is 2.17 bits per heavy atom. The van der Waals surface area contributed by atoms with Crippen LogP contribution in [-0.2, 0) is 11.3 Å². The Morgan fingerprint density at radius 3 is 3.00 bits per heavy atom. The highest BCUT2D eigenvalue weighted by Gasteiger charge is 2.30. The van der Waals surface area contributed by atoms with Crippen molar-refractivity contribution in [2.75, 3.05) is 25.0 Å². The molecule has 1 aromatic carbocycles. The van der Waals surface area contributed by atoms with Gasteiger partial charge in [-0.1, -0.05) is 12.1 Å². The number of pyridine rings is 1. The summed E-state index contributed by atoms with van der Waals surface area (Å²) in [5.41, 5.74) is 2.44. The van der Waals surface area contributed by atoms with Crippen molar-refractivity contribution < 1.29 is 19.4 Å². The number of urea groups is 1. The average molecular weight is 411 g/mol. The van der Waals surface area contributed by atoms with Gasteiger partial charge >= 0.3 is 6.03 Å². The summed E-state index contributed by atoms with van der Waals surface area (Å²) in [6, 6.07) is 10.7. The lowest BCUT2D eigenvalue weighted by molar-refractivity contribution is -0.131. The number of carbonyl (C=O) groups is 2. The van der Waals surface area contributed by atoms with Gasteiger partial charge < -0.3 is 30.7 Å². The van der Waals surface area contributed by atoms with E-state index in [1.165, 1.54) is 0 Å². The van der Waals surface area contributed by atoms with Crippen LogP contribution in [0.3, 0.4) is 0 Å². The van der Waals surface area contributed by atoms with Gasteiger partial charge in [0.2, 0.25) is 5.91 Å². The van der Waals surface area contributed by atoms with E-state index in [-0.39, 0.29) is 25.1 Å². The Balaban J connectivity index is 1.25. The molecule has 9 heteroatoms. The lowest BCUT2D eigenvalue weighted by Crippen LogP contribution is -2.43. The minimum Gasteiger partial charge on any atom is -0.487 e. The summed E-state index contributed by atoms with van der Waals surface area (Å²) in [7, 11) is 0. The van der Waals surface area contributed by atoms with Crippen LogP contribution >= 0.6 is 0 Å². The molecule has 1 unspecified atom stereocenters. The van der Waals surface area contributed by atoms with Gasteiger partial charge in [0.1, 0.15) is 12.4 Å². The van der Waals surface area contributed by atoms with Crippen LogP contribution in [-0.4, -0.2) is 52.9 Å². The van der Waals surface area contributed by atoms with Crippen LogP contribution in [0.2, 0.25) is 0 Å². The number of rotatable bonds is 5. The average Bonchev–Trinajstić information content (AvgIpc) is 3.26. The topological polar surface area (TPSA) is 116 Å². The van der Waals surface area contributed by atoms with Gasteiger partial charge in [0.15, 0.2) is 6.23 Å². The fourth-order valence-electron chi connectivity index (χ4n) is 3.75.